The molecule has 21 heavy (non-hydrogen) atoms. The van der Waals surface area contributed by atoms with Gasteiger partial charge in [-0.1, -0.05) is 56.5 Å². The smallest absolute Gasteiger partial charge is 0.226 e. The molecule has 2 rings (SSSR count). The summed E-state index contributed by atoms with van der Waals surface area (Å²) >= 11 is 0. The van der Waals surface area contributed by atoms with Gasteiger partial charge in [-0.05, 0) is 31.2 Å². The van der Waals surface area contributed by atoms with Crippen molar-refractivity contribution in [2.45, 2.75) is 52.6 Å². The van der Waals surface area contributed by atoms with Gasteiger partial charge in [0.25, 0.3) is 0 Å². The zero-order chi connectivity index (χ0) is 15.5. The van der Waals surface area contributed by atoms with Crippen molar-refractivity contribution >= 4 is 5.91 Å². The van der Waals surface area contributed by atoms with Crippen LogP contribution in [0.3, 0.4) is 0 Å². The van der Waals surface area contributed by atoms with Crippen molar-refractivity contribution in [2.75, 3.05) is 6.54 Å². The zero-order valence-corrected chi connectivity index (χ0v) is 13.4. The van der Waals surface area contributed by atoms with Gasteiger partial charge in [-0.15, -0.1) is 0 Å². The van der Waals surface area contributed by atoms with Gasteiger partial charge in [0.2, 0.25) is 5.91 Å². The lowest BCUT2D eigenvalue weighted by Gasteiger charge is -2.30. The van der Waals surface area contributed by atoms with Crippen LogP contribution < -0.4 is 5.32 Å². The number of carbonyl (C=O) groups excluding carboxylic acids is 1. The Morgan fingerprint density at radius 1 is 1.29 bits per heavy atom. The van der Waals surface area contributed by atoms with E-state index >= 15 is 0 Å². The fraction of sp³-hybridized carbons (Fsp3) is 0.611. The predicted octanol–water partition coefficient (Wildman–Crippen LogP) is 3.36. The van der Waals surface area contributed by atoms with Gasteiger partial charge in [0.15, 0.2) is 0 Å². The van der Waals surface area contributed by atoms with E-state index in [1.807, 2.05) is 45.0 Å². The topological polar surface area (TPSA) is 49.3 Å². The molecule has 0 aliphatic heterocycles. The highest BCUT2D eigenvalue weighted by atomic mass is 16.3. The van der Waals surface area contributed by atoms with Gasteiger partial charge in [-0.25, -0.2) is 0 Å². The number of amides is 1. The van der Waals surface area contributed by atoms with Crippen LogP contribution in [0, 0.1) is 18.3 Å². The molecule has 0 bridgehead atoms. The second-order valence-electron chi connectivity index (χ2n) is 6.84. The van der Waals surface area contributed by atoms with Gasteiger partial charge in [0.05, 0.1) is 6.10 Å². The number of hydrogen-bond donors (Lipinski definition) is 2. The molecule has 1 aromatic carbocycles. The van der Waals surface area contributed by atoms with E-state index in [4.69, 9.17) is 0 Å². The van der Waals surface area contributed by atoms with Crippen molar-refractivity contribution in [2.24, 2.45) is 11.3 Å². The lowest BCUT2D eigenvalue weighted by molar-refractivity contribution is -0.132. The third-order valence-corrected chi connectivity index (χ3v) is 4.88. The summed E-state index contributed by atoms with van der Waals surface area (Å²) in [6.45, 7) is 6.34. The number of aliphatic hydroxyl groups excluding tert-OH is 1. The number of benzene rings is 1. The standard InChI is InChI=1S/C18H27NO2/c1-13-8-10-14(11-9-13)16(20)12-19-17(21)18(2,3)15-6-4-5-7-15/h8-11,15-16,20H,4-7,12H2,1-3H3,(H,19,21). The Labute approximate surface area is 127 Å². The monoisotopic (exact) mass is 289 g/mol. The summed E-state index contributed by atoms with van der Waals surface area (Å²) in [7, 11) is 0. The van der Waals surface area contributed by atoms with Crippen LogP contribution in [-0.4, -0.2) is 17.6 Å². The average molecular weight is 289 g/mol. The molecule has 0 heterocycles. The molecule has 2 N–H and O–H groups in total. The Hall–Kier alpha value is -1.35. The summed E-state index contributed by atoms with van der Waals surface area (Å²) < 4.78 is 0. The lowest BCUT2D eigenvalue weighted by atomic mass is 9.77. The first kappa shape index (κ1) is 16.0. The van der Waals surface area contributed by atoms with E-state index < -0.39 is 6.10 Å². The first-order chi connectivity index (χ1) is 9.91. The van der Waals surface area contributed by atoms with Crippen LogP contribution in [0.5, 0.6) is 0 Å². The van der Waals surface area contributed by atoms with E-state index in [1.54, 1.807) is 0 Å². The van der Waals surface area contributed by atoms with Crippen molar-refractivity contribution in [3.05, 3.63) is 35.4 Å². The molecular formula is C18H27NO2. The van der Waals surface area contributed by atoms with Crippen LogP contribution >= 0.6 is 0 Å². The Kier molecular flexibility index (Phi) is 5.04. The summed E-state index contributed by atoms with van der Waals surface area (Å²) in [6.07, 6.45) is 4.09. The average Bonchev–Trinajstić information content (AvgIpc) is 3.00. The normalized spacial score (nSPS) is 17.7. The van der Waals surface area contributed by atoms with Crippen LogP contribution in [0.1, 0.15) is 56.8 Å². The minimum absolute atomic E-state index is 0.0561. The van der Waals surface area contributed by atoms with Crippen molar-refractivity contribution in [1.82, 2.24) is 5.32 Å². The quantitative estimate of drug-likeness (QED) is 0.873. The number of nitrogens with one attached hydrogen (secondary N) is 1. The minimum Gasteiger partial charge on any atom is -0.387 e. The molecule has 1 fully saturated rings. The Balaban J connectivity index is 1.89. The highest BCUT2D eigenvalue weighted by Gasteiger charge is 2.38. The Morgan fingerprint density at radius 3 is 2.43 bits per heavy atom. The number of rotatable bonds is 5. The van der Waals surface area contributed by atoms with Crippen LogP contribution in [0.15, 0.2) is 24.3 Å². The van der Waals surface area contributed by atoms with Gasteiger partial charge in [-0.3, -0.25) is 4.79 Å². The maximum atomic E-state index is 12.4. The van der Waals surface area contributed by atoms with E-state index in [1.165, 1.54) is 12.8 Å². The number of aliphatic hydroxyl groups is 1. The third kappa shape index (κ3) is 3.85. The van der Waals surface area contributed by atoms with E-state index in [2.05, 4.69) is 5.32 Å². The van der Waals surface area contributed by atoms with Gasteiger partial charge in [-0.2, -0.15) is 0 Å². The molecule has 1 aliphatic rings. The summed E-state index contributed by atoms with van der Waals surface area (Å²) in [5, 5.41) is 13.1. The maximum absolute atomic E-state index is 12.4. The molecule has 1 atom stereocenters. The minimum atomic E-state index is -0.645. The van der Waals surface area contributed by atoms with Gasteiger partial charge < -0.3 is 10.4 Å². The van der Waals surface area contributed by atoms with Crippen LogP contribution in [0.25, 0.3) is 0 Å². The summed E-state index contributed by atoms with van der Waals surface area (Å²) in [6, 6.07) is 7.77. The van der Waals surface area contributed by atoms with Crippen molar-refractivity contribution in [3.63, 3.8) is 0 Å². The maximum Gasteiger partial charge on any atom is 0.226 e. The lowest BCUT2D eigenvalue weighted by Crippen LogP contribution is -2.42. The molecule has 1 unspecified atom stereocenters. The van der Waals surface area contributed by atoms with Crippen LogP contribution in [0.4, 0.5) is 0 Å². The van der Waals surface area contributed by atoms with Gasteiger partial charge in [0, 0.05) is 12.0 Å². The van der Waals surface area contributed by atoms with E-state index in [-0.39, 0.29) is 17.9 Å². The van der Waals surface area contributed by atoms with Crippen LogP contribution in [0.2, 0.25) is 0 Å². The molecule has 0 saturated heterocycles. The molecule has 0 spiro atoms. The van der Waals surface area contributed by atoms with Gasteiger partial charge in [0.1, 0.15) is 0 Å². The first-order valence-corrected chi connectivity index (χ1v) is 7.94. The molecule has 3 heteroatoms. The zero-order valence-electron chi connectivity index (χ0n) is 13.4. The SMILES string of the molecule is Cc1ccc(C(O)CNC(=O)C(C)(C)C2CCCC2)cc1. The summed E-state index contributed by atoms with van der Waals surface area (Å²) in [4.78, 5) is 12.4. The largest absolute Gasteiger partial charge is 0.387 e. The molecule has 1 amide bonds. The molecule has 3 nitrogen and oxygen atoms in total. The fourth-order valence-electron chi connectivity index (χ4n) is 3.16. The Morgan fingerprint density at radius 2 is 1.86 bits per heavy atom. The highest BCUT2D eigenvalue weighted by Crippen LogP contribution is 2.39. The molecule has 0 aromatic heterocycles. The van der Waals surface area contributed by atoms with Crippen molar-refractivity contribution in [1.29, 1.82) is 0 Å². The van der Waals surface area contributed by atoms with Crippen molar-refractivity contribution in [3.8, 4) is 0 Å². The molecule has 1 saturated carbocycles. The van der Waals surface area contributed by atoms with Crippen LogP contribution in [-0.2, 0) is 4.79 Å². The second-order valence-corrected chi connectivity index (χ2v) is 6.84. The summed E-state index contributed by atoms with van der Waals surface area (Å²) in [5.74, 6) is 0.523. The number of hydrogen-bond acceptors (Lipinski definition) is 2. The van der Waals surface area contributed by atoms with E-state index in [0.717, 1.165) is 24.0 Å². The Bertz CT molecular complexity index is 472. The third-order valence-electron chi connectivity index (χ3n) is 4.88. The van der Waals surface area contributed by atoms with E-state index in [9.17, 15) is 9.90 Å². The molecule has 1 aliphatic carbocycles. The highest BCUT2D eigenvalue weighted by molar-refractivity contribution is 5.82. The number of aryl methyl sites for hydroxylation is 1. The summed E-state index contributed by atoms with van der Waals surface area (Å²) in [5.41, 5.74) is 1.67. The molecule has 116 valence electrons. The first-order valence-electron chi connectivity index (χ1n) is 7.94. The fourth-order valence-corrected chi connectivity index (χ4v) is 3.16. The van der Waals surface area contributed by atoms with Crippen molar-refractivity contribution < 1.29 is 9.90 Å². The van der Waals surface area contributed by atoms with Gasteiger partial charge >= 0.3 is 0 Å². The molecule has 0 radical (unpaired) electrons. The van der Waals surface area contributed by atoms with E-state index in [0.29, 0.717) is 5.92 Å². The number of carbonyl (C=O) groups is 1. The molecule has 1 aromatic rings. The second kappa shape index (κ2) is 6.61. The molecular weight excluding hydrogens is 262 g/mol. The predicted molar refractivity (Wildman–Crippen MR) is 84.9 cm³/mol.